The van der Waals surface area contributed by atoms with Gasteiger partial charge in [-0.15, -0.1) is 0 Å². The van der Waals surface area contributed by atoms with E-state index in [0.29, 0.717) is 6.04 Å². The van der Waals surface area contributed by atoms with E-state index < -0.39 is 0 Å². The fraction of sp³-hybridized carbons (Fsp3) is 0.632. The maximum absolute atomic E-state index is 12.4. The minimum atomic E-state index is -0.201. The number of nitrogens with one attached hydrogen (secondary N) is 1. The van der Waals surface area contributed by atoms with E-state index in [4.69, 9.17) is 4.74 Å². The Balaban J connectivity index is 1.88. The van der Waals surface area contributed by atoms with Gasteiger partial charge in [0.2, 0.25) is 0 Å². The minimum absolute atomic E-state index is 0.102. The summed E-state index contributed by atoms with van der Waals surface area (Å²) in [6, 6.07) is 4.67. The Bertz CT molecular complexity index is 495. The third-order valence-electron chi connectivity index (χ3n) is 4.49. The average Bonchev–Trinajstić information content (AvgIpc) is 2.45. The highest BCUT2D eigenvalue weighted by Gasteiger charge is 2.18. The zero-order valence-electron chi connectivity index (χ0n) is 14.4. The molecule has 1 atom stereocenters. The Morgan fingerprint density at radius 1 is 1.18 bits per heavy atom. The first-order valence-corrected chi connectivity index (χ1v) is 8.49. The van der Waals surface area contributed by atoms with Gasteiger partial charge in [0.15, 0.2) is 0 Å². The molecule has 122 valence electrons. The van der Waals surface area contributed by atoms with Crippen molar-refractivity contribution >= 4 is 5.97 Å². The zero-order valence-corrected chi connectivity index (χ0v) is 14.4. The molecule has 1 N–H and O–H groups in total. The van der Waals surface area contributed by atoms with Crippen molar-refractivity contribution in [3.8, 4) is 0 Å². The molecule has 1 unspecified atom stereocenters. The number of hydrogen-bond donors (Lipinski definition) is 1. The van der Waals surface area contributed by atoms with Crippen LogP contribution in [0.15, 0.2) is 12.1 Å². The molecular weight excluding hydrogens is 274 g/mol. The maximum Gasteiger partial charge on any atom is 0.338 e. The van der Waals surface area contributed by atoms with Crippen LogP contribution in [0.2, 0.25) is 0 Å². The third-order valence-corrected chi connectivity index (χ3v) is 4.49. The quantitative estimate of drug-likeness (QED) is 0.833. The minimum Gasteiger partial charge on any atom is -0.458 e. The molecule has 1 aromatic carbocycles. The van der Waals surface area contributed by atoms with Crippen LogP contribution in [-0.4, -0.2) is 24.7 Å². The lowest BCUT2D eigenvalue weighted by molar-refractivity contribution is 0.0332. The average molecular weight is 303 g/mol. The molecule has 0 aromatic heterocycles. The molecule has 0 saturated heterocycles. The van der Waals surface area contributed by atoms with Crippen LogP contribution in [0, 0.1) is 20.8 Å². The summed E-state index contributed by atoms with van der Waals surface area (Å²) in [6.45, 7) is 8.70. The lowest BCUT2D eigenvalue weighted by Crippen LogP contribution is -2.37. The molecule has 0 aliphatic heterocycles. The molecule has 22 heavy (non-hydrogen) atoms. The summed E-state index contributed by atoms with van der Waals surface area (Å²) in [5, 5.41) is 3.54. The van der Waals surface area contributed by atoms with Crippen molar-refractivity contribution in [3.63, 3.8) is 0 Å². The van der Waals surface area contributed by atoms with Crippen LogP contribution in [-0.2, 0) is 4.74 Å². The lowest BCUT2D eigenvalue weighted by Gasteiger charge is -2.24. The van der Waals surface area contributed by atoms with Gasteiger partial charge in [-0.3, -0.25) is 0 Å². The summed E-state index contributed by atoms with van der Waals surface area (Å²) < 4.78 is 5.63. The van der Waals surface area contributed by atoms with Crippen molar-refractivity contribution in [1.29, 1.82) is 0 Å². The van der Waals surface area contributed by atoms with Gasteiger partial charge in [-0.1, -0.05) is 37.0 Å². The van der Waals surface area contributed by atoms with Gasteiger partial charge in [-0.25, -0.2) is 4.79 Å². The molecule has 0 bridgehead atoms. The van der Waals surface area contributed by atoms with E-state index in [-0.39, 0.29) is 12.1 Å². The molecular formula is C19H29NO2. The Morgan fingerprint density at radius 3 is 2.36 bits per heavy atom. The number of carbonyl (C=O) groups is 1. The molecule has 1 fully saturated rings. The summed E-state index contributed by atoms with van der Waals surface area (Å²) in [5.74, 6) is -0.201. The van der Waals surface area contributed by atoms with Crippen molar-refractivity contribution in [3.05, 3.63) is 34.4 Å². The monoisotopic (exact) mass is 303 g/mol. The van der Waals surface area contributed by atoms with Gasteiger partial charge in [-0.05, 0) is 51.7 Å². The van der Waals surface area contributed by atoms with E-state index in [0.717, 1.165) is 23.2 Å². The summed E-state index contributed by atoms with van der Waals surface area (Å²) in [5.41, 5.74) is 3.89. The number of benzene rings is 1. The van der Waals surface area contributed by atoms with Crippen molar-refractivity contribution in [2.75, 3.05) is 6.54 Å². The Labute approximate surface area is 134 Å². The van der Waals surface area contributed by atoms with E-state index in [1.807, 2.05) is 39.8 Å². The first kappa shape index (κ1) is 17.0. The summed E-state index contributed by atoms with van der Waals surface area (Å²) in [4.78, 5) is 12.4. The standard InChI is InChI=1S/C19H29NO2/c1-13-10-14(2)18(15(3)11-13)19(21)22-16(4)12-20-17-8-6-5-7-9-17/h10-11,16-17,20H,5-9,12H2,1-4H3. The van der Waals surface area contributed by atoms with Crippen molar-refractivity contribution in [2.45, 2.75) is 71.9 Å². The second kappa shape index (κ2) is 7.77. The summed E-state index contributed by atoms with van der Waals surface area (Å²) in [6.07, 6.45) is 6.37. The Kier molecular flexibility index (Phi) is 6.01. The van der Waals surface area contributed by atoms with Gasteiger partial charge in [0, 0.05) is 12.6 Å². The van der Waals surface area contributed by atoms with Gasteiger partial charge in [0.25, 0.3) is 0 Å². The van der Waals surface area contributed by atoms with Crippen LogP contribution < -0.4 is 5.32 Å². The molecule has 1 saturated carbocycles. The molecule has 2 rings (SSSR count). The second-order valence-corrected chi connectivity index (χ2v) is 6.73. The first-order valence-electron chi connectivity index (χ1n) is 8.49. The zero-order chi connectivity index (χ0) is 16.1. The molecule has 0 heterocycles. The topological polar surface area (TPSA) is 38.3 Å². The van der Waals surface area contributed by atoms with Crippen molar-refractivity contribution < 1.29 is 9.53 Å². The number of rotatable bonds is 5. The van der Waals surface area contributed by atoms with Crippen LogP contribution in [0.3, 0.4) is 0 Å². The summed E-state index contributed by atoms with van der Waals surface area (Å²) in [7, 11) is 0. The summed E-state index contributed by atoms with van der Waals surface area (Å²) >= 11 is 0. The molecule has 3 nitrogen and oxygen atoms in total. The van der Waals surface area contributed by atoms with Crippen LogP contribution >= 0.6 is 0 Å². The molecule has 1 aromatic rings. The van der Waals surface area contributed by atoms with E-state index in [2.05, 4.69) is 5.32 Å². The van der Waals surface area contributed by atoms with Crippen molar-refractivity contribution in [2.24, 2.45) is 0 Å². The van der Waals surface area contributed by atoms with E-state index in [1.54, 1.807) is 0 Å². The molecule has 0 amide bonds. The number of ether oxygens (including phenoxy) is 1. The van der Waals surface area contributed by atoms with Gasteiger partial charge >= 0.3 is 5.97 Å². The highest BCUT2D eigenvalue weighted by molar-refractivity contribution is 5.92. The van der Waals surface area contributed by atoms with E-state index in [9.17, 15) is 4.79 Å². The Morgan fingerprint density at radius 2 is 1.77 bits per heavy atom. The molecule has 0 radical (unpaired) electrons. The number of hydrogen-bond acceptors (Lipinski definition) is 3. The van der Waals surface area contributed by atoms with Crippen molar-refractivity contribution in [1.82, 2.24) is 5.32 Å². The largest absolute Gasteiger partial charge is 0.458 e. The van der Waals surface area contributed by atoms with Crippen LogP contribution in [0.25, 0.3) is 0 Å². The molecule has 0 spiro atoms. The smallest absolute Gasteiger partial charge is 0.338 e. The SMILES string of the molecule is Cc1cc(C)c(C(=O)OC(C)CNC2CCCCC2)c(C)c1. The normalized spacial score (nSPS) is 17.3. The number of carbonyl (C=O) groups excluding carboxylic acids is 1. The van der Waals surface area contributed by atoms with Crippen LogP contribution in [0.5, 0.6) is 0 Å². The molecule has 1 aliphatic rings. The molecule has 1 aliphatic carbocycles. The second-order valence-electron chi connectivity index (χ2n) is 6.73. The lowest BCUT2D eigenvalue weighted by atomic mass is 9.95. The fourth-order valence-electron chi connectivity index (χ4n) is 3.42. The Hall–Kier alpha value is -1.35. The van der Waals surface area contributed by atoms with Crippen LogP contribution in [0.1, 0.15) is 66.1 Å². The van der Waals surface area contributed by atoms with Gasteiger partial charge in [0.1, 0.15) is 6.10 Å². The maximum atomic E-state index is 12.4. The number of aryl methyl sites for hydroxylation is 3. The van der Waals surface area contributed by atoms with Gasteiger partial charge in [0.05, 0.1) is 5.56 Å². The highest BCUT2D eigenvalue weighted by Crippen LogP contribution is 2.19. The predicted octanol–water partition coefficient (Wildman–Crippen LogP) is 4.08. The highest BCUT2D eigenvalue weighted by atomic mass is 16.5. The van der Waals surface area contributed by atoms with E-state index in [1.165, 1.54) is 37.7 Å². The number of esters is 1. The third kappa shape index (κ3) is 4.57. The molecule has 3 heteroatoms. The van der Waals surface area contributed by atoms with Gasteiger partial charge in [-0.2, -0.15) is 0 Å². The van der Waals surface area contributed by atoms with Gasteiger partial charge < -0.3 is 10.1 Å². The first-order chi connectivity index (χ1) is 10.5. The van der Waals surface area contributed by atoms with E-state index >= 15 is 0 Å². The fourth-order valence-corrected chi connectivity index (χ4v) is 3.42. The predicted molar refractivity (Wildman–Crippen MR) is 90.4 cm³/mol. The van der Waals surface area contributed by atoms with Crippen LogP contribution in [0.4, 0.5) is 0 Å².